The Morgan fingerprint density at radius 2 is 2.45 bits per heavy atom. The number of ketones is 1. The van der Waals surface area contributed by atoms with E-state index in [2.05, 4.69) is 14.1 Å². The summed E-state index contributed by atoms with van der Waals surface area (Å²) in [5.41, 5.74) is 0. The lowest BCUT2D eigenvalue weighted by atomic mass is 10.2. The van der Waals surface area contributed by atoms with Crippen LogP contribution in [0.4, 0.5) is 0 Å². The van der Waals surface area contributed by atoms with Crippen molar-refractivity contribution >= 4 is 21.1 Å². The van der Waals surface area contributed by atoms with Crippen molar-refractivity contribution in [3.05, 3.63) is 0 Å². The molecule has 0 N–H and O–H groups in total. The van der Waals surface area contributed by atoms with Crippen LogP contribution in [0.2, 0.25) is 0 Å². The molecule has 1 unspecified atom stereocenters. The highest BCUT2D eigenvalue weighted by Gasteiger charge is 2.33. The lowest BCUT2D eigenvalue weighted by Gasteiger charge is -2.14. The van der Waals surface area contributed by atoms with Gasteiger partial charge in [-0.3, -0.25) is 14.3 Å². The highest BCUT2D eigenvalue weighted by Crippen LogP contribution is 2.18. The number of esters is 1. The molecule has 11 heavy (non-hydrogen) atoms. The number of carbonyl (C=O) groups excluding carboxylic acids is 2. The largest absolute Gasteiger partial charge is 0.468 e. The van der Waals surface area contributed by atoms with Gasteiger partial charge in [0.1, 0.15) is 11.8 Å². The molecule has 0 saturated carbocycles. The molecule has 0 spiro atoms. The predicted octanol–water partition coefficient (Wildman–Crippen LogP) is -0.407. The minimum Gasteiger partial charge on any atom is -0.468 e. The van der Waals surface area contributed by atoms with E-state index in [1.807, 2.05) is 0 Å². The summed E-state index contributed by atoms with van der Waals surface area (Å²) in [5, 5.41) is 0. The van der Waals surface area contributed by atoms with Gasteiger partial charge in [-0.15, -0.1) is 0 Å². The lowest BCUT2D eigenvalue weighted by Crippen LogP contribution is -2.29. The summed E-state index contributed by atoms with van der Waals surface area (Å²) in [6, 6.07) is -0.391. The molecule has 1 aliphatic heterocycles. The van der Waals surface area contributed by atoms with Crippen LogP contribution in [-0.4, -0.2) is 36.1 Å². The predicted molar refractivity (Wildman–Crippen MR) is 41.8 cm³/mol. The highest BCUT2D eigenvalue weighted by molar-refractivity contribution is 7.13. The molecule has 1 fully saturated rings. The van der Waals surface area contributed by atoms with Gasteiger partial charge in [-0.25, -0.2) is 0 Å². The SMILES string of the molecule is COC(=O)[C@@H]1CC(=O)CN1P. The van der Waals surface area contributed by atoms with Crippen molar-refractivity contribution in [1.82, 2.24) is 4.67 Å². The number of hydrogen-bond donors (Lipinski definition) is 0. The van der Waals surface area contributed by atoms with Crippen LogP contribution in [0.5, 0.6) is 0 Å². The third-order valence-electron chi connectivity index (χ3n) is 1.65. The summed E-state index contributed by atoms with van der Waals surface area (Å²) >= 11 is 0. The molecule has 1 aliphatic rings. The third-order valence-corrected chi connectivity index (χ3v) is 2.20. The van der Waals surface area contributed by atoms with E-state index >= 15 is 0 Å². The molecule has 1 heterocycles. The molecular formula is C6H10NO3P. The van der Waals surface area contributed by atoms with Crippen molar-refractivity contribution in [2.24, 2.45) is 0 Å². The molecule has 0 amide bonds. The fourth-order valence-electron chi connectivity index (χ4n) is 1.07. The average molecular weight is 175 g/mol. The Morgan fingerprint density at radius 3 is 2.82 bits per heavy atom. The first-order chi connectivity index (χ1) is 5.15. The zero-order chi connectivity index (χ0) is 8.43. The van der Waals surface area contributed by atoms with E-state index in [0.29, 0.717) is 6.54 Å². The number of Topliss-reactive ketones (excluding diaryl/α,β-unsaturated/α-hetero) is 1. The van der Waals surface area contributed by atoms with E-state index in [1.54, 1.807) is 4.67 Å². The second kappa shape index (κ2) is 3.28. The smallest absolute Gasteiger partial charge is 0.323 e. The van der Waals surface area contributed by atoms with Gasteiger partial charge in [0, 0.05) is 6.42 Å². The quantitative estimate of drug-likeness (QED) is 0.401. The zero-order valence-electron chi connectivity index (χ0n) is 6.24. The maximum atomic E-state index is 10.9. The number of methoxy groups -OCH3 is 1. The zero-order valence-corrected chi connectivity index (χ0v) is 7.40. The molecule has 5 heteroatoms. The van der Waals surface area contributed by atoms with Gasteiger partial charge in [-0.1, -0.05) is 9.39 Å². The second-order valence-electron chi connectivity index (χ2n) is 2.45. The minimum absolute atomic E-state index is 0.0791. The van der Waals surface area contributed by atoms with Crippen LogP contribution >= 0.6 is 9.39 Å². The fourth-order valence-corrected chi connectivity index (χ4v) is 1.50. The van der Waals surface area contributed by atoms with E-state index in [-0.39, 0.29) is 18.2 Å². The van der Waals surface area contributed by atoms with Crippen molar-refractivity contribution in [2.75, 3.05) is 13.7 Å². The topological polar surface area (TPSA) is 46.6 Å². The molecular weight excluding hydrogens is 165 g/mol. The van der Waals surface area contributed by atoms with E-state index in [4.69, 9.17) is 0 Å². The molecule has 0 aromatic heterocycles. The Morgan fingerprint density at radius 1 is 1.82 bits per heavy atom. The normalized spacial score (nSPS) is 25.6. The van der Waals surface area contributed by atoms with Gasteiger partial charge in [-0.2, -0.15) is 0 Å². The van der Waals surface area contributed by atoms with Crippen LogP contribution in [0.25, 0.3) is 0 Å². The maximum absolute atomic E-state index is 10.9. The van der Waals surface area contributed by atoms with Crippen LogP contribution in [0.15, 0.2) is 0 Å². The monoisotopic (exact) mass is 175 g/mol. The first kappa shape index (κ1) is 8.62. The van der Waals surface area contributed by atoms with E-state index in [1.165, 1.54) is 7.11 Å². The maximum Gasteiger partial charge on any atom is 0.323 e. The first-order valence-electron chi connectivity index (χ1n) is 3.26. The summed E-state index contributed by atoms with van der Waals surface area (Å²) in [7, 11) is 3.67. The van der Waals surface area contributed by atoms with E-state index < -0.39 is 6.04 Å². The second-order valence-corrected chi connectivity index (χ2v) is 3.12. The van der Waals surface area contributed by atoms with Crippen molar-refractivity contribution in [3.63, 3.8) is 0 Å². The van der Waals surface area contributed by atoms with Gasteiger partial charge in [-0.05, 0) is 0 Å². The summed E-state index contributed by atoms with van der Waals surface area (Å²) in [6.07, 6.45) is 0.274. The van der Waals surface area contributed by atoms with E-state index in [9.17, 15) is 9.59 Å². The van der Waals surface area contributed by atoms with Crippen molar-refractivity contribution < 1.29 is 14.3 Å². The van der Waals surface area contributed by atoms with Crippen LogP contribution in [0, 0.1) is 0 Å². The Labute approximate surface area is 67.1 Å². The van der Waals surface area contributed by atoms with Crippen LogP contribution in [0.3, 0.4) is 0 Å². The molecule has 1 rings (SSSR count). The third kappa shape index (κ3) is 1.76. The molecule has 2 atom stereocenters. The van der Waals surface area contributed by atoms with Gasteiger partial charge < -0.3 is 4.74 Å². The van der Waals surface area contributed by atoms with Gasteiger partial charge in [0.15, 0.2) is 0 Å². The average Bonchev–Trinajstić information content (AvgIpc) is 2.28. The standard InChI is InChI=1S/C6H10NO3P/c1-10-6(9)5-2-4(8)3-7(5)11/h5H,2-3,11H2,1H3/t5-/m0/s1. The molecule has 4 nitrogen and oxygen atoms in total. The van der Waals surface area contributed by atoms with Crippen LogP contribution in [0.1, 0.15) is 6.42 Å². The highest BCUT2D eigenvalue weighted by atomic mass is 31.0. The van der Waals surface area contributed by atoms with Crippen molar-refractivity contribution in [1.29, 1.82) is 0 Å². The first-order valence-corrected chi connectivity index (χ1v) is 3.77. The van der Waals surface area contributed by atoms with Crippen molar-refractivity contribution in [2.45, 2.75) is 12.5 Å². The molecule has 0 aromatic rings. The van der Waals surface area contributed by atoms with Gasteiger partial charge in [0.05, 0.1) is 13.7 Å². The molecule has 0 aromatic carbocycles. The van der Waals surface area contributed by atoms with E-state index in [0.717, 1.165) is 0 Å². The molecule has 0 bridgehead atoms. The van der Waals surface area contributed by atoms with Crippen molar-refractivity contribution in [3.8, 4) is 0 Å². The minimum atomic E-state index is -0.391. The number of rotatable bonds is 1. The van der Waals surface area contributed by atoms with Gasteiger partial charge in [0.2, 0.25) is 0 Å². The van der Waals surface area contributed by atoms with Gasteiger partial charge >= 0.3 is 5.97 Å². The molecule has 0 radical (unpaired) electrons. The van der Waals surface area contributed by atoms with Crippen LogP contribution in [-0.2, 0) is 14.3 Å². The Balaban J connectivity index is 2.59. The summed E-state index contributed by atoms with van der Waals surface area (Å²) in [5.74, 6) is -0.263. The summed E-state index contributed by atoms with van der Waals surface area (Å²) in [6.45, 7) is 0.324. The van der Waals surface area contributed by atoms with Crippen LogP contribution < -0.4 is 0 Å². The number of hydrogen-bond acceptors (Lipinski definition) is 4. The number of ether oxygens (including phenoxy) is 1. The number of nitrogens with zero attached hydrogens (tertiary/aromatic N) is 1. The number of carbonyl (C=O) groups is 2. The summed E-state index contributed by atoms with van der Waals surface area (Å²) < 4.78 is 6.13. The Hall–Kier alpha value is -0.470. The molecule has 1 saturated heterocycles. The fraction of sp³-hybridized carbons (Fsp3) is 0.667. The lowest BCUT2D eigenvalue weighted by molar-refractivity contribution is -0.144. The summed E-state index contributed by atoms with van der Waals surface area (Å²) in [4.78, 5) is 21.8. The molecule has 62 valence electrons. The molecule has 0 aliphatic carbocycles. The van der Waals surface area contributed by atoms with Gasteiger partial charge in [0.25, 0.3) is 0 Å². The Kier molecular flexibility index (Phi) is 2.58. The Bertz CT molecular complexity index is 194.